The Morgan fingerprint density at radius 1 is 1.37 bits per heavy atom. The van der Waals surface area contributed by atoms with Crippen molar-refractivity contribution < 1.29 is 9.90 Å². The second-order valence-electron chi connectivity index (χ2n) is 3.85. The van der Waals surface area contributed by atoms with Crippen molar-refractivity contribution >= 4 is 41.5 Å². The van der Waals surface area contributed by atoms with Crippen LogP contribution in [0.5, 0.6) is 0 Å². The highest BCUT2D eigenvalue weighted by atomic mass is 35.5. The number of nitrogens with two attached hydrogens (primary N) is 1. The van der Waals surface area contributed by atoms with E-state index in [2.05, 4.69) is 5.32 Å². The molecule has 0 saturated carbocycles. The molecule has 0 fully saturated rings. The molecular weight excluding hydrogens is 311 g/mol. The van der Waals surface area contributed by atoms with Crippen LogP contribution in [0.15, 0.2) is 18.2 Å². The van der Waals surface area contributed by atoms with Gasteiger partial charge in [-0.05, 0) is 25.1 Å². The highest BCUT2D eigenvalue weighted by molar-refractivity contribution is 6.36. The van der Waals surface area contributed by atoms with Crippen molar-refractivity contribution in [3.05, 3.63) is 33.8 Å². The van der Waals surface area contributed by atoms with E-state index in [4.69, 9.17) is 28.9 Å². The van der Waals surface area contributed by atoms with Gasteiger partial charge in [-0.1, -0.05) is 29.3 Å². The Bertz CT molecular complexity index is 396. The van der Waals surface area contributed by atoms with Crippen LogP contribution in [-0.2, 0) is 4.79 Å². The van der Waals surface area contributed by atoms with Crippen molar-refractivity contribution in [3.8, 4) is 0 Å². The molecule has 0 spiro atoms. The zero-order valence-corrected chi connectivity index (χ0v) is 12.6. The molecule has 7 heteroatoms. The van der Waals surface area contributed by atoms with Crippen LogP contribution in [-0.4, -0.2) is 24.1 Å². The fourth-order valence-corrected chi connectivity index (χ4v) is 2.14. The maximum absolute atomic E-state index is 11.4. The molecule has 0 aliphatic heterocycles. The fourth-order valence-electron chi connectivity index (χ4n) is 1.49. The molecule has 1 amide bonds. The first-order chi connectivity index (χ1) is 8.56. The van der Waals surface area contributed by atoms with Crippen molar-refractivity contribution in [3.63, 3.8) is 0 Å². The quantitative estimate of drug-likeness (QED) is 0.750. The summed E-state index contributed by atoms with van der Waals surface area (Å²) in [5.41, 5.74) is 5.73. The van der Waals surface area contributed by atoms with Crippen molar-refractivity contribution in [1.82, 2.24) is 5.32 Å². The molecule has 4 nitrogen and oxygen atoms in total. The van der Waals surface area contributed by atoms with Crippen molar-refractivity contribution in [2.45, 2.75) is 18.9 Å². The summed E-state index contributed by atoms with van der Waals surface area (Å²) in [5.74, 6) is -0.150. The van der Waals surface area contributed by atoms with Gasteiger partial charge in [0.2, 0.25) is 5.91 Å². The molecule has 0 radical (unpaired) electrons. The van der Waals surface area contributed by atoms with Gasteiger partial charge < -0.3 is 16.2 Å². The molecule has 1 rings (SSSR count). The third-order valence-corrected chi connectivity index (χ3v) is 3.09. The largest absolute Gasteiger partial charge is 0.386 e. The van der Waals surface area contributed by atoms with E-state index in [1.807, 2.05) is 0 Å². The van der Waals surface area contributed by atoms with Crippen LogP contribution in [0.3, 0.4) is 0 Å². The molecule has 1 unspecified atom stereocenters. The number of rotatable bonds is 6. The van der Waals surface area contributed by atoms with Crippen LogP contribution < -0.4 is 11.1 Å². The maximum Gasteiger partial charge on any atom is 0.220 e. The van der Waals surface area contributed by atoms with Crippen LogP contribution in [0.1, 0.15) is 24.5 Å². The molecule has 4 N–H and O–H groups in total. The second-order valence-corrected chi connectivity index (χ2v) is 4.66. The lowest BCUT2D eigenvalue weighted by Gasteiger charge is -2.15. The summed E-state index contributed by atoms with van der Waals surface area (Å²) in [5, 5.41) is 13.3. The Morgan fingerprint density at radius 2 is 1.95 bits per heavy atom. The first-order valence-electron chi connectivity index (χ1n) is 5.65. The number of halogens is 3. The molecule has 0 heterocycles. The first-order valence-corrected chi connectivity index (χ1v) is 6.40. The van der Waals surface area contributed by atoms with Crippen molar-refractivity contribution in [2.24, 2.45) is 5.73 Å². The minimum Gasteiger partial charge on any atom is -0.386 e. The van der Waals surface area contributed by atoms with Crippen LogP contribution in [0.2, 0.25) is 10.0 Å². The standard InChI is InChI=1S/C12H16Cl2N2O2.ClH/c13-8-3-1-4-9(14)12(8)10(17)7-16-11(18)5-2-6-15;/h1,3-4,10,17H,2,5-7,15H2,(H,16,18);1H. The van der Waals surface area contributed by atoms with Gasteiger partial charge in [0.25, 0.3) is 0 Å². The molecular formula is C12H17Cl3N2O2. The summed E-state index contributed by atoms with van der Waals surface area (Å²) in [6, 6.07) is 4.98. The van der Waals surface area contributed by atoms with Gasteiger partial charge in [0, 0.05) is 28.6 Å². The van der Waals surface area contributed by atoms with E-state index >= 15 is 0 Å². The smallest absolute Gasteiger partial charge is 0.220 e. The average molecular weight is 328 g/mol. The van der Waals surface area contributed by atoms with Gasteiger partial charge in [0.05, 0.1) is 6.10 Å². The normalized spacial score (nSPS) is 11.6. The van der Waals surface area contributed by atoms with Crippen LogP contribution in [0, 0.1) is 0 Å². The van der Waals surface area contributed by atoms with E-state index < -0.39 is 6.10 Å². The van der Waals surface area contributed by atoms with Crippen molar-refractivity contribution in [1.29, 1.82) is 0 Å². The van der Waals surface area contributed by atoms with Crippen LogP contribution >= 0.6 is 35.6 Å². The number of aliphatic hydroxyl groups is 1. The lowest BCUT2D eigenvalue weighted by molar-refractivity contribution is -0.121. The average Bonchev–Trinajstić information content (AvgIpc) is 2.33. The van der Waals surface area contributed by atoms with E-state index in [1.165, 1.54) is 0 Å². The zero-order valence-electron chi connectivity index (χ0n) is 10.2. The number of carbonyl (C=O) groups is 1. The Balaban J connectivity index is 0.00000324. The highest BCUT2D eigenvalue weighted by Crippen LogP contribution is 2.29. The summed E-state index contributed by atoms with van der Waals surface area (Å²) in [7, 11) is 0. The molecule has 1 atom stereocenters. The number of nitrogens with one attached hydrogen (secondary N) is 1. The molecule has 0 saturated heterocycles. The molecule has 19 heavy (non-hydrogen) atoms. The molecule has 0 bridgehead atoms. The summed E-state index contributed by atoms with van der Waals surface area (Å²) >= 11 is 11.9. The Hall–Kier alpha value is -0.520. The fraction of sp³-hybridized carbons (Fsp3) is 0.417. The van der Waals surface area contributed by atoms with Crippen LogP contribution in [0.25, 0.3) is 0 Å². The topological polar surface area (TPSA) is 75.4 Å². The molecule has 0 aliphatic carbocycles. The van der Waals surface area contributed by atoms with Gasteiger partial charge in [0.1, 0.15) is 0 Å². The molecule has 1 aromatic rings. The number of amides is 1. The lowest BCUT2D eigenvalue weighted by Crippen LogP contribution is -2.28. The van der Waals surface area contributed by atoms with Crippen molar-refractivity contribution in [2.75, 3.05) is 13.1 Å². The number of aliphatic hydroxyl groups excluding tert-OH is 1. The third-order valence-electron chi connectivity index (χ3n) is 2.43. The van der Waals surface area contributed by atoms with Gasteiger partial charge in [-0.25, -0.2) is 0 Å². The number of carbonyl (C=O) groups excluding carboxylic acids is 1. The molecule has 108 valence electrons. The molecule has 0 aliphatic rings. The van der Waals surface area contributed by atoms with Gasteiger partial charge in [-0.15, -0.1) is 12.4 Å². The minimum atomic E-state index is -0.923. The van der Waals surface area contributed by atoms with E-state index in [-0.39, 0.29) is 24.9 Å². The predicted octanol–water partition coefficient (Wildman–Crippen LogP) is 2.30. The Morgan fingerprint density at radius 3 is 2.47 bits per heavy atom. The van der Waals surface area contributed by atoms with Gasteiger partial charge in [-0.3, -0.25) is 4.79 Å². The number of hydrogen-bond acceptors (Lipinski definition) is 3. The van der Waals surface area contributed by atoms with Crippen LogP contribution in [0.4, 0.5) is 0 Å². The van der Waals surface area contributed by atoms with Gasteiger partial charge in [0.15, 0.2) is 0 Å². The summed E-state index contributed by atoms with van der Waals surface area (Å²) < 4.78 is 0. The maximum atomic E-state index is 11.4. The number of hydrogen-bond donors (Lipinski definition) is 3. The number of benzene rings is 1. The van der Waals surface area contributed by atoms with Gasteiger partial charge >= 0.3 is 0 Å². The molecule has 0 aromatic heterocycles. The SMILES string of the molecule is Cl.NCCCC(=O)NCC(O)c1c(Cl)cccc1Cl. The molecule has 1 aromatic carbocycles. The third kappa shape index (κ3) is 5.97. The predicted molar refractivity (Wildman–Crippen MR) is 80.0 cm³/mol. The highest BCUT2D eigenvalue weighted by Gasteiger charge is 2.15. The van der Waals surface area contributed by atoms with E-state index in [0.717, 1.165) is 0 Å². The van der Waals surface area contributed by atoms with E-state index in [1.54, 1.807) is 18.2 Å². The first kappa shape index (κ1) is 18.5. The van der Waals surface area contributed by atoms with E-state index in [0.29, 0.717) is 35.0 Å². The van der Waals surface area contributed by atoms with Gasteiger partial charge in [-0.2, -0.15) is 0 Å². The summed E-state index contributed by atoms with van der Waals surface area (Å²) in [4.78, 5) is 11.4. The minimum absolute atomic E-state index is 0. The Labute approximate surface area is 128 Å². The monoisotopic (exact) mass is 326 g/mol. The van der Waals surface area contributed by atoms with E-state index in [9.17, 15) is 9.90 Å². The Kier molecular flexibility index (Phi) is 9.14. The second kappa shape index (κ2) is 9.39. The lowest BCUT2D eigenvalue weighted by atomic mass is 10.1. The summed E-state index contributed by atoms with van der Waals surface area (Å²) in [6.45, 7) is 0.541. The summed E-state index contributed by atoms with van der Waals surface area (Å²) in [6.07, 6.45) is 0.0434. The zero-order chi connectivity index (χ0) is 13.5.